The Bertz CT molecular complexity index is 165. The Labute approximate surface area is 69.1 Å². The minimum absolute atomic E-state index is 0.386. The van der Waals surface area contributed by atoms with E-state index in [4.69, 9.17) is 4.74 Å². The van der Waals surface area contributed by atoms with Crippen molar-refractivity contribution in [1.29, 1.82) is 0 Å². The number of ether oxygens (including phenoxy) is 1. The molecule has 1 heterocycles. The summed E-state index contributed by atoms with van der Waals surface area (Å²) >= 11 is 3.42. The Kier molecular flexibility index (Phi) is 2.93. The summed E-state index contributed by atoms with van der Waals surface area (Å²) in [6.45, 7) is 2.65. The lowest BCUT2D eigenvalue weighted by molar-refractivity contribution is 0.225. The van der Waals surface area contributed by atoms with Gasteiger partial charge in [-0.3, -0.25) is 0 Å². The highest BCUT2D eigenvalue weighted by molar-refractivity contribution is 9.09. The van der Waals surface area contributed by atoms with Crippen LogP contribution in [0.1, 0.15) is 13.3 Å². The van der Waals surface area contributed by atoms with Gasteiger partial charge in [0, 0.05) is 6.21 Å². The summed E-state index contributed by atoms with van der Waals surface area (Å²) in [7, 11) is 0. The van der Waals surface area contributed by atoms with Crippen molar-refractivity contribution in [3.8, 4) is 0 Å². The molecule has 0 bridgehead atoms. The molecule has 0 aromatic rings. The smallest absolute Gasteiger partial charge is 0.208 e. The fraction of sp³-hybridized carbons (Fsp3) is 0.571. The second-order valence-corrected chi connectivity index (χ2v) is 3.18. The molecule has 0 N–H and O–H groups in total. The first-order valence-electron chi connectivity index (χ1n) is 3.34. The third kappa shape index (κ3) is 2.14. The number of allylic oxidation sites excluding steroid dienone is 1. The van der Waals surface area contributed by atoms with E-state index < -0.39 is 0 Å². The van der Waals surface area contributed by atoms with Crippen molar-refractivity contribution in [1.82, 2.24) is 0 Å². The molecule has 1 rings (SSSR count). The molecule has 0 amide bonds. The van der Waals surface area contributed by atoms with E-state index in [-0.39, 0.29) is 0 Å². The predicted octanol–water partition coefficient (Wildman–Crippen LogP) is 2.10. The van der Waals surface area contributed by atoms with E-state index in [2.05, 4.69) is 20.9 Å². The molecule has 56 valence electrons. The molecule has 1 aliphatic heterocycles. The van der Waals surface area contributed by atoms with Crippen LogP contribution in [0.3, 0.4) is 0 Å². The standard InChI is InChI=1S/C7H10BrNO/c1-2-10-7-4-3-6(8)5-9-7/h4-6H,2-3H2,1H3. The van der Waals surface area contributed by atoms with Crippen LogP contribution in [-0.4, -0.2) is 17.6 Å². The summed E-state index contributed by atoms with van der Waals surface area (Å²) in [6, 6.07) is 0. The predicted molar refractivity (Wildman–Crippen MR) is 45.5 cm³/mol. The molecular formula is C7H10BrNO. The number of hydrogen-bond acceptors (Lipinski definition) is 2. The Hall–Kier alpha value is -0.310. The molecule has 3 heteroatoms. The molecule has 0 aromatic carbocycles. The van der Waals surface area contributed by atoms with E-state index >= 15 is 0 Å². The molecule has 0 saturated carbocycles. The van der Waals surface area contributed by atoms with E-state index in [1.54, 1.807) is 0 Å². The van der Waals surface area contributed by atoms with Crippen LogP contribution in [0.5, 0.6) is 0 Å². The number of halogens is 1. The molecule has 0 aliphatic carbocycles. The molecule has 0 saturated heterocycles. The monoisotopic (exact) mass is 203 g/mol. The topological polar surface area (TPSA) is 21.6 Å². The van der Waals surface area contributed by atoms with Crippen LogP contribution in [0.15, 0.2) is 17.0 Å². The fourth-order valence-corrected chi connectivity index (χ4v) is 1.03. The van der Waals surface area contributed by atoms with E-state index in [9.17, 15) is 0 Å². The highest BCUT2D eigenvalue weighted by Gasteiger charge is 2.05. The highest BCUT2D eigenvalue weighted by Crippen LogP contribution is 2.13. The van der Waals surface area contributed by atoms with Crippen molar-refractivity contribution in [2.24, 2.45) is 4.99 Å². The second-order valence-electron chi connectivity index (χ2n) is 2.01. The maximum atomic E-state index is 5.17. The lowest BCUT2D eigenvalue weighted by Crippen LogP contribution is -2.04. The summed E-state index contributed by atoms with van der Waals surface area (Å²) in [5.41, 5.74) is 0. The molecule has 1 aliphatic rings. The average Bonchev–Trinajstić information content (AvgIpc) is 1.95. The molecule has 1 unspecified atom stereocenters. The van der Waals surface area contributed by atoms with E-state index in [0.717, 1.165) is 12.3 Å². The summed E-state index contributed by atoms with van der Waals surface area (Å²) < 4.78 is 5.17. The van der Waals surface area contributed by atoms with Crippen molar-refractivity contribution < 1.29 is 4.74 Å². The van der Waals surface area contributed by atoms with Crippen LogP contribution in [0.25, 0.3) is 0 Å². The van der Waals surface area contributed by atoms with Gasteiger partial charge in [0.25, 0.3) is 0 Å². The lowest BCUT2D eigenvalue weighted by atomic mass is 10.3. The van der Waals surface area contributed by atoms with Gasteiger partial charge in [-0.2, -0.15) is 0 Å². The lowest BCUT2D eigenvalue weighted by Gasteiger charge is -2.09. The van der Waals surface area contributed by atoms with Gasteiger partial charge in [0.05, 0.1) is 11.4 Å². The van der Waals surface area contributed by atoms with Gasteiger partial charge >= 0.3 is 0 Å². The van der Waals surface area contributed by atoms with Crippen LogP contribution in [0.4, 0.5) is 0 Å². The third-order valence-corrected chi connectivity index (χ3v) is 1.78. The van der Waals surface area contributed by atoms with Gasteiger partial charge in [-0.25, -0.2) is 4.99 Å². The zero-order valence-electron chi connectivity index (χ0n) is 5.88. The molecule has 0 radical (unpaired) electrons. The number of rotatable bonds is 2. The Morgan fingerprint density at radius 2 is 2.70 bits per heavy atom. The number of nitrogens with zero attached hydrogens (tertiary/aromatic N) is 1. The number of aliphatic imine (C=N–C) groups is 1. The first-order valence-corrected chi connectivity index (χ1v) is 4.25. The first kappa shape index (κ1) is 7.79. The minimum Gasteiger partial charge on any atom is -0.478 e. The zero-order valence-corrected chi connectivity index (χ0v) is 7.47. The number of alkyl halides is 1. The second kappa shape index (κ2) is 3.76. The number of hydrogen-bond donors (Lipinski definition) is 0. The van der Waals surface area contributed by atoms with E-state index in [0.29, 0.717) is 11.4 Å². The summed E-state index contributed by atoms with van der Waals surface area (Å²) in [6.07, 6.45) is 4.81. The largest absolute Gasteiger partial charge is 0.478 e. The summed E-state index contributed by atoms with van der Waals surface area (Å²) in [5, 5.41) is 0. The third-order valence-electron chi connectivity index (χ3n) is 1.17. The van der Waals surface area contributed by atoms with E-state index in [1.165, 1.54) is 0 Å². The minimum atomic E-state index is 0.386. The van der Waals surface area contributed by atoms with Crippen molar-refractivity contribution >= 4 is 22.1 Å². The highest BCUT2D eigenvalue weighted by atomic mass is 79.9. The Morgan fingerprint density at radius 1 is 1.90 bits per heavy atom. The van der Waals surface area contributed by atoms with Crippen LogP contribution in [0, 0.1) is 0 Å². The molecule has 0 aromatic heterocycles. The van der Waals surface area contributed by atoms with Crippen LogP contribution >= 0.6 is 15.9 Å². The van der Waals surface area contributed by atoms with Crippen LogP contribution < -0.4 is 0 Å². The summed E-state index contributed by atoms with van der Waals surface area (Å²) in [4.78, 5) is 4.45. The van der Waals surface area contributed by atoms with Gasteiger partial charge in [-0.15, -0.1) is 0 Å². The van der Waals surface area contributed by atoms with Gasteiger partial charge in [-0.1, -0.05) is 15.9 Å². The molecule has 0 fully saturated rings. The van der Waals surface area contributed by atoms with Crippen LogP contribution in [-0.2, 0) is 4.74 Å². The maximum absolute atomic E-state index is 5.17. The average molecular weight is 204 g/mol. The fourth-order valence-electron chi connectivity index (χ4n) is 0.725. The Morgan fingerprint density at radius 3 is 3.20 bits per heavy atom. The molecule has 10 heavy (non-hydrogen) atoms. The first-order chi connectivity index (χ1) is 4.83. The van der Waals surface area contributed by atoms with E-state index in [1.807, 2.05) is 19.2 Å². The normalized spacial score (nSPS) is 24.2. The van der Waals surface area contributed by atoms with Gasteiger partial charge < -0.3 is 4.74 Å². The quantitative estimate of drug-likeness (QED) is 0.631. The van der Waals surface area contributed by atoms with Crippen molar-refractivity contribution in [3.63, 3.8) is 0 Å². The summed E-state index contributed by atoms with van der Waals surface area (Å²) in [5.74, 6) is 0.748. The van der Waals surface area contributed by atoms with Gasteiger partial charge in [0.1, 0.15) is 0 Å². The molecule has 2 nitrogen and oxygen atoms in total. The van der Waals surface area contributed by atoms with Crippen molar-refractivity contribution in [2.45, 2.75) is 18.2 Å². The maximum Gasteiger partial charge on any atom is 0.208 e. The Balaban J connectivity index is 2.42. The van der Waals surface area contributed by atoms with Gasteiger partial charge in [0.2, 0.25) is 5.88 Å². The SMILES string of the molecule is CCOC1=CCC(Br)C=N1. The van der Waals surface area contributed by atoms with Gasteiger partial charge in [-0.05, 0) is 19.4 Å². The molecular weight excluding hydrogens is 194 g/mol. The van der Waals surface area contributed by atoms with Crippen molar-refractivity contribution in [3.05, 3.63) is 12.0 Å². The van der Waals surface area contributed by atoms with Crippen molar-refractivity contribution in [2.75, 3.05) is 6.61 Å². The van der Waals surface area contributed by atoms with Gasteiger partial charge in [0.15, 0.2) is 0 Å². The molecule has 1 atom stereocenters. The zero-order chi connectivity index (χ0) is 7.40. The van der Waals surface area contributed by atoms with Crippen LogP contribution in [0.2, 0.25) is 0 Å². The molecule has 0 spiro atoms.